The summed E-state index contributed by atoms with van der Waals surface area (Å²) in [5, 5.41) is 19.3. The Bertz CT molecular complexity index is 865. The Morgan fingerprint density at radius 2 is 1.97 bits per heavy atom. The first-order chi connectivity index (χ1) is 13.8. The van der Waals surface area contributed by atoms with Gasteiger partial charge in [-0.2, -0.15) is 0 Å². The van der Waals surface area contributed by atoms with Gasteiger partial charge in [0.1, 0.15) is 11.4 Å². The van der Waals surface area contributed by atoms with Crippen molar-refractivity contribution in [2.24, 2.45) is 0 Å². The average Bonchev–Trinajstić information content (AvgIpc) is 3.11. The molecule has 0 aliphatic carbocycles. The lowest BCUT2D eigenvalue weighted by molar-refractivity contribution is 0.0498. The van der Waals surface area contributed by atoms with E-state index in [1.165, 1.54) is 10.9 Å². The summed E-state index contributed by atoms with van der Waals surface area (Å²) in [6.45, 7) is 7.48. The van der Waals surface area contributed by atoms with E-state index < -0.39 is 5.60 Å². The Kier molecular flexibility index (Phi) is 7.44. The van der Waals surface area contributed by atoms with Crippen LogP contribution < -0.4 is 0 Å². The quantitative estimate of drug-likeness (QED) is 0.711. The van der Waals surface area contributed by atoms with E-state index in [1.807, 2.05) is 18.2 Å². The maximum Gasteiger partial charge on any atom is 0.127 e. The molecule has 0 saturated carbocycles. The maximum absolute atomic E-state index is 14.0. The Hall–Kier alpha value is -1.75. The summed E-state index contributed by atoms with van der Waals surface area (Å²) >= 11 is 1.65. The van der Waals surface area contributed by atoms with Crippen molar-refractivity contribution < 1.29 is 14.6 Å². The molecule has 1 aliphatic heterocycles. The summed E-state index contributed by atoms with van der Waals surface area (Å²) in [7, 11) is 0. The largest absolute Gasteiger partial charge is 0.396 e. The highest BCUT2D eigenvalue weighted by molar-refractivity contribution is 7.12. The number of hydrogen-bond acceptors (Lipinski definition) is 5. The molecule has 0 amide bonds. The average molecular weight is 417 g/mol. The molecule has 2 aromatic rings. The van der Waals surface area contributed by atoms with Crippen LogP contribution >= 0.6 is 11.3 Å². The zero-order valence-corrected chi connectivity index (χ0v) is 17.9. The van der Waals surface area contributed by atoms with E-state index >= 15 is 0 Å². The van der Waals surface area contributed by atoms with E-state index in [0.29, 0.717) is 18.5 Å². The Labute approximate surface area is 176 Å². The number of thiophene rings is 1. The number of halogens is 1. The van der Waals surface area contributed by atoms with Crippen molar-refractivity contribution in [1.29, 1.82) is 0 Å². The summed E-state index contributed by atoms with van der Waals surface area (Å²) in [5.41, 5.74) is -0.284. The van der Waals surface area contributed by atoms with Gasteiger partial charge in [0, 0.05) is 55.8 Å². The third kappa shape index (κ3) is 6.63. The van der Waals surface area contributed by atoms with Crippen LogP contribution in [0.4, 0.5) is 4.39 Å². The van der Waals surface area contributed by atoms with E-state index in [2.05, 4.69) is 27.7 Å². The van der Waals surface area contributed by atoms with Crippen molar-refractivity contribution in [1.82, 2.24) is 9.80 Å². The van der Waals surface area contributed by atoms with Crippen molar-refractivity contribution >= 4 is 11.3 Å². The molecule has 3 rings (SSSR count). The van der Waals surface area contributed by atoms with Gasteiger partial charge < -0.3 is 10.2 Å². The topological polar surface area (TPSA) is 46.9 Å². The second kappa shape index (κ2) is 9.84. The van der Waals surface area contributed by atoms with E-state index in [1.54, 1.807) is 31.3 Å². The summed E-state index contributed by atoms with van der Waals surface area (Å²) in [6.07, 6.45) is 0.678. The molecule has 0 spiro atoms. The molecule has 1 atom stereocenters. The van der Waals surface area contributed by atoms with Gasteiger partial charge in [-0.1, -0.05) is 30.0 Å². The van der Waals surface area contributed by atoms with Gasteiger partial charge in [-0.15, -0.1) is 11.3 Å². The van der Waals surface area contributed by atoms with Crippen LogP contribution in [0.3, 0.4) is 0 Å². The second-order valence-corrected chi connectivity index (χ2v) is 9.21. The monoisotopic (exact) mass is 416 g/mol. The molecular formula is C23H29FN2O2S. The molecule has 1 saturated heterocycles. The third-order valence-electron chi connectivity index (χ3n) is 5.02. The highest BCUT2D eigenvalue weighted by Crippen LogP contribution is 2.22. The minimum atomic E-state index is -0.990. The number of piperazine rings is 1. The summed E-state index contributed by atoms with van der Waals surface area (Å²) < 4.78 is 14.0. The van der Waals surface area contributed by atoms with Gasteiger partial charge in [0.25, 0.3) is 0 Å². The van der Waals surface area contributed by atoms with Crippen molar-refractivity contribution in [2.75, 3.05) is 26.2 Å². The van der Waals surface area contributed by atoms with Crippen LogP contribution in [0.1, 0.15) is 35.6 Å². The van der Waals surface area contributed by atoms with Crippen LogP contribution in [0.2, 0.25) is 0 Å². The van der Waals surface area contributed by atoms with Crippen LogP contribution in [0.25, 0.3) is 0 Å². The van der Waals surface area contributed by atoms with Crippen LogP contribution in [0.15, 0.2) is 36.4 Å². The molecule has 1 fully saturated rings. The molecular weight excluding hydrogens is 387 g/mol. The SMILES string of the molecule is CC(C)(O)C#Cc1ccc(CN2CCN(Cc3ccccc3F)C(CCO)C2)s1. The molecule has 29 heavy (non-hydrogen) atoms. The van der Waals surface area contributed by atoms with Gasteiger partial charge in [-0.3, -0.25) is 9.80 Å². The molecule has 6 heteroatoms. The molecule has 1 aromatic carbocycles. The van der Waals surface area contributed by atoms with E-state index in [0.717, 1.165) is 31.1 Å². The number of nitrogens with zero attached hydrogens (tertiary/aromatic N) is 2. The lowest BCUT2D eigenvalue weighted by atomic mass is 10.1. The number of aliphatic hydroxyl groups excluding tert-OH is 1. The number of aliphatic hydroxyl groups is 2. The molecule has 1 unspecified atom stereocenters. The van der Waals surface area contributed by atoms with Gasteiger partial charge >= 0.3 is 0 Å². The fourth-order valence-electron chi connectivity index (χ4n) is 3.54. The molecule has 1 aliphatic rings. The fraction of sp³-hybridized carbons (Fsp3) is 0.478. The van der Waals surface area contributed by atoms with Gasteiger partial charge in [0.15, 0.2) is 0 Å². The molecule has 0 radical (unpaired) electrons. The Balaban J connectivity index is 1.61. The molecule has 2 N–H and O–H groups in total. The lowest BCUT2D eigenvalue weighted by Gasteiger charge is -2.41. The Morgan fingerprint density at radius 3 is 2.69 bits per heavy atom. The van der Waals surface area contributed by atoms with Gasteiger partial charge in [-0.25, -0.2) is 4.39 Å². The smallest absolute Gasteiger partial charge is 0.127 e. The lowest BCUT2D eigenvalue weighted by Crippen LogP contribution is -2.52. The van der Waals surface area contributed by atoms with Crippen LogP contribution in [-0.4, -0.2) is 57.9 Å². The minimum absolute atomic E-state index is 0.127. The zero-order chi connectivity index (χ0) is 20.9. The van der Waals surface area contributed by atoms with Crippen LogP contribution in [0.5, 0.6) is 0 Å². The summed E-state index contributed by atoms with van der Waals surface area (Å²) in [6, 6.07) is 11.2. The van der Waals surface area contributed by atoms with E-state index in [-0.39, 0.29) is 18.5 Å². The van der Waals surface area contributed by atoms with Gasteiger partial charge in [0.05, 0.1) is 4.88 Å². The normalized spacial score (nSPS) is 18.4. The summed E-state index contributed by atoms with van der Waals surface area (Å²) in [4.78, 5) is 6.85. The summed E-state index contributed by atoms with van der Waals surface area (Å²) in [5.74, 6) is 5.71. The first kappa shape index (κ1) is 21.9. The predicted octanol–water partition coefficient (Wildman–Crippen LogP) is 3.08. The van der Waals surface area contributed by atoms with E-state index in [4.69, 9.17) is 0 Å². The third-order valence-corrected chi connectivity index (χ3v) is 6.00. The number of hydrogen-bond donors (Lipinski definition) is 2. The van der Waals surface area contributed by atoms with Crippen molar-refractivity contribution in [3.8, 4) is 11.8 Å². The molecule has 0 bridgehead atoms. The highest BCUT2D eigenvalue weighted by atomic mass is 32.1. The van der Waals surface area contributed by atoms with Crippen molar-refractivity contribution in [3.05, 3.63) is 57.5 Å². The van der Waals surface area contributed by atoms with Gasteiger partial charge in [0.2, 0.25) is 0 Å². The van der Waals surface area contributed by atoms with Crippen molar-refractivity contribution in [2.45, 2.75) is 45.0 Å². The molecule has 4 nitrogen and oxygen atoms in total. The van der Waals surface area contributed by atoms with Crippen molar-refractivity contribution in [3.63, 3.8) is 0 Å². The standard InChI is InChI=1S/C23H29FN2O2S/c1-23(2,28)11-9-20-7-8-21(29-20)17-25-12-13-26(19(16-25)10-14-27)15-18-5-3-4-6-22(18)24/h3-8,19,27-28H,10,12-17H2,1-2H3. The first-order valence-electron chi connectivity index (χ1n) is 9.99. The molecule has 156 valence electrons. The molecule has 1 aromatic heterocycles. The second-order valence-electron chi connectivity index (χ2n) is 8.04. The predicted molar refractivity (Wildman–Crippen MR) is 115 cm³/mol. The minimum Gasteiger partial charge on any atom is -0.396 e. The Morgan fingerprint density at radius 1 is 1.17 bits per heavy atom. The van der Waals surface area contributed by atoms with Crippen LogP contribution in [0, 0.1) is 17.7 Å². The number of rotatable bonds is 6. The first-order valence-corrected chi connectivity index (χ1v) is 10.8. The fourth-order valence-corrected chi connectivity index (χ4v) is 4.45. The number of benzene rings is 1. The zero-order valence-electron chi connectivity index (χ0n) is 17.1. The maximum atomic E-state index is 14.0. The van der Waals surface area contributed by atoms with E-state index in [9.17, 15) is 14.6 Å². The highest BCUT2D eigenvalue weighted by Gasteiger charge is 2.27. The molecule has 2 heterocycles. The van der Waals surface area contributed by atoms with Crippen LogP contribution in [-0.2, 0) is 13.1 Å². The van der Waals surface area contributed by atoms with Gasteiger partial charge in [-0.05, 0) is 38.5 Å².